The molecule has 10 heteroatoms. The molecule has 3 aromatic rings. The van der Waals surface area contributed by atoms with Crippen LogP contribution in [0.1, 0.15) is 34.5 Å². The van der Waals surface area contributed by atoms with E-state index in [0.717, 1.165) is 32.0 Å². The number of quaternary nitrogens is 1. The number of benzene rings is 2. The Bertz CT molecular complexity index is 1260. The lowest BCUT2D eigenvalue weighted by atomic mass is 9.82. The number of nitrogens with one attached hydrogen (secondary N) is 1. The van der Waals surface area contributed by atoms with Crippen LogP contribution in [0.3, 0.4) is 0 Å². The summed E-state index contributed by atoms with van der Waals surface area (Å²) in [5.74, 6) is -1.58. The van der Waals surface area contributed by atoms with Gasteiger partial charge in [-0.15, -0.1) is 0 Å². The smallest absolute Gasteiger partial charge is 0.433 e. The van der Waals surface area contributed by atoms with Crippen molar-refractivity contribution in [3.8, 4) is 0 Å². The lowest BCUT2D eigenvalue weighted by molar-refractivity contribution is -0.945. The maximum absolute atomic E-state index is 13.6. The van der Waals surface area contributed by atoms with Gasteiger partial charge in [0.2, 0.25) is 5.60 Å². The molecule has 2 aromatic carbocycles. The first-order valence-corrected chi connectivity index (χ1v) is 12.7. The zero-order valence-corrected chi connectivity index (χ0v) is 20.8. The number of esters is 1. The molecule has 0 spiro atoms. The van der Waals surface area contributed by atoms with Crippen LogP contribution >= 0.6 is 0 Å². The van der Waals surface area contributed by atoms with Gasteiger partial charge in [-0.2, -0.15) is 0 Å². The first-order chi connectivity index (χ1) is 18.3. The minimum atomic E-state index is -1.93. The number of rotatable bonds is 9. The summed E-state index contributed by atoms with van der Waals surface area (Å²) in [6, 6.07) is 20.1. The van der Waals surface area contributed by atoms with Gasteiger partial charge in [-0.1, -0.05) is 60.7 Å². The van der Waals surface area contributed by atoms with E-state index in [0.29, 0.717) is 35.2 Å². The highest BCUT2D eigenvalue weighted by atomic mass is 16.6. The number of carbonyl (C=O) groups is 2. The van der Waals surface area contributed by atoms with Crippen molar-refractivity contribution in [1.29, 1.82) is 0 Å². The monoisotopic (exact) mass is 520 g/mol. The molecule has 1 atom stereocenters. The fourth-order valence-corrected chi connectivity index (χ4v) is 5.69. The molecular formula is C28H30N3O7+. The van der Waals surface area contributed by atoms with E-state index in [2.05, 4.69) is 5.32 Å². The van der Waals surface area contributed by atoms with Crippen LogP contribution in [0, 0.1) is 16.0 Å². The van der Waals surface area contributed by atoms with Gasteiger partial charge in [0.1, 0.15) is 11.5 Å². The largest absolute Gasteiger partial charge is 0.453 e. The third-order valence-electron chi connectivity index (χ3n) is 7.85. The summed E-state index contributed by atoms with van der Waals surface area (Å²) in [6.07, 6.45) is 1.41. The van der Waals surface area contributed by atoms with E-state index in [1.54, 1.807) is 48.5 Å². The molecule has 198 valence electrons. The van der Waals surface area contributed by atoms with Gasteiger partial charge in [-0.25, -0.2) is 4.79 Å². The number of hydrogen-bond donors (Lipinski definition) is 2. The van der Waals surface area contributed by atoms with Gasteiger partial charge in [-0.05, 0) is 17.2 Å². The summed E-state index contributed by atoms with van der Waals surface area (Å²) >= 11 is 0. The Morgan fingerprint density at radius 1 is 1.03 bits per heavy atom. The standard InChI is InChI=1S/C28H29N3O7/c32-26(23-11-12-25(37-23)30(35)36)29-15-18-31-16-13-20(14-17-31)24(19-31)38-27(33)28(34,21-7-3-1-4-8-21)22-9-5-2-6-10-22/h1-12,20,24,34H,13-19H2/p+1/t20?,24-,31?/m0/s1. The van der Waals surface area contributed by atoms with Crippen LogP contribution in [-0.4, -0.2) is 65.2 Å². The molecule has 10 nitrogen and oxygen atoms in total. The summed E-state index contributed by atoms with van der Waals surface area (Å²) < 4.78 is 11.7. The molecule has 38 heavy (non-hydrogen) atoms. The Balaban J connectivity index is 1.26. The fraction of sp³-hybridized carbons (Fsp3) is 0.357. The van der Waals surface area contributed by atoms with Gasteiger partial charge in [0.05, 0.1) is 32.2 Å². The van der Waals surface area contributed by atoms with Crippen LogP contribution < -0.4 is 5.32 Å². The lowest BCUT2D eigenvalue weighted by Crippen LogP contribution is -2.66. The molecule has 3 aliphatic rings. The van der Waals surface area contributed by atoms with Crippen LogP contribution in [0.25, 0.3) is 0 Å². The predicted molar refractivity (Wildman–Crippen MR) is 136 cm³/mol. The van der Waals surface area contributed by atoms with Gasteiger partial charge in [-0.3, -0.25) is 14.9 Å². The predicted octanol–water partition coefficient (Wildman–Crippen LogP) is 3.01. The molecule has 1 amide bonds. The number of piperidine rings is 3. The summed E-state index contributed by atoms with van der Waals surface area (Å²) in [5.41, 5.74) is -1.04. The van der Waals surface area contributed by atoms with Crippen molar-refractivity contribution in [1.82, 2.24) is 5.32 Å². The number of fused-ring (bicyclic) bond motifs is 3. The Morgan fingerprint density at radius 3 is 2.18 bits per heavy atom. The molecule has 0 aliphatic carbocycles. The van der Waals surface area contributed by atoms with Crippen molar-refractivity contribution in [2.45, 2.75) is 24.5 Å². The first kappa shape index (κ1) is 25.6. The minimum Gasteiger partial charge on any atom is -0.453 e. The Labute approximate surface area is 219 Å². The Hall–Kier alpha value is -4.02. The summed E-state index contributed by atoms with van der Waals surface area (Å²) in [4.78, 5) is 36.1. The van der Waals surface area contributed by atoms with Crippen molar-refractivity contribution in [2.75, 3.05) is 32.7 Å². The maximum atomic E-state index is 13.6. The second-order valence-electron chi connectivity index (χ2n) is 10.1. The maximum Gasteiger partial charge on any atom is 0.433 e. The molecule has 3 aliphatic heterocycles. The van der Waals surface area contributed by atoms with Gasteiger partial charge < -0.3 is 24.1 Å². The van der Waals surface area contributed by atoms with Crippen molar-refractivity contribution in [3.63, 3.8) is 0 Å². The van der Waals surface area contributed by atoms with Crippen LogP contribution in [0.15, 0.2) is 77.2 Å². The summed E-state index contributed by atoms with van der Waals surface area (Å²) in [7, 11) is 0. The number of carbonyl (C=O) groups excluding carboxylic acids is 2. The van der Waals surface area contributed by atoms with Gasteiger partial charge in [0.25, 0.3) is 5.91 Å². The van der Waals surface area contributed by atoms with Gasteiger partial charge in [0, 0.05) is 18.8 Å². The number of amides is 1. The number of aliphatic hydroxyl groups is 1. The molecule has 3 saturated heterocycles. The molecule has 1 aromatic heterocycles. The third kappa shape index (κ3) is 4.92. The zero-order valence-electron chi connectivity index (χ0n) is 20.8. The minimum absolute atomic E-state index is 0.109. The fourth-order valence-electron chi connectivity index (χ4n) is 5.69. The number of furan rings is 1. The van der Waals surface area contributed by atoms with Crippen LogP contribution in [0.4, 0.5) is 5.88 Å². The number of nitrogens with zero attached hydrogens (tertiary/aromatic N) is 2. The molecule has 0 saturated carbocycles. The quantitative estimate of drug-likeness (QED) is 0.192. The Kier molecular flexibility index (Phi) is 7.00. The second-order valence-corrected chi connectivity index (χ2v) is 10.1. The molecule has 2 N–H and O–H groups in total. The first-order valence-electron chi connectivity index (χ1n) is 12.7. The van der Waals surface area contributed by atoms with E-state index >= 15 is 0 Å². The average Bonchev–Trinajstić information content (AvgIpc) is 3.45. The summed E-state index contributed by atoms with van der Waals surface area (Å²) in [5, 5.41) is 25.3. The third-order valence-corrected chi connectivity index (χ3v) is 7.85. The molecule has 0 unspecified atom stereocenters. The van der Waals surface area contributed by atoms with E-state index in [4.69, 9.17) is 9.15 Å². The zero-order chi connectivity index (χ0) is 26.8. The van der Waals surface area contributed by atoms with Crippen molar-refractivity contribution < 1.29 is 33.3 Å². The van der Waals surface area contributed by atoms with E-state index in [1.165, 1.54) is 6.07 Å². The SMILES string of the molecule is O=C(NCC[N+]12CCC(CC1)[C@@H](OC(=O)C(O)(c1ccccc1)c1ccccc1)C2)c1ccc([N+](=O)[O-])o1. The second kappa shape index (κ2) is 10.4. The topological polar surface area (TPSA) is 132 Å². The van der Waals surface area contributed by atoms with Crippen LogP contribution in [0.2, 0.25) is 0 Å². The molecule has 0 radical (unpaired) electrons. The van der Waals surface area contributed by atoms with E-state index < -0.39 is 28.3 Å². The van der Waals surface area contributed by atoms with Crippen molar-refractivity contribution in [2.24, 2.45) is 5.92 Å². The van der Waals surface area contributed by atoms with Crippen molar-refractivity contribution >= 4 is 17.8 Å². The summed E-state index contributed by atoms with van der Waals surface area (Å²) in [6.45, 7) is 3.37. The van der Waals surface area contributed by atoms with Crippen LogP contribution in [0.5, 0.6) is 0 Å². The number of ether oxygens (including phenoxy) is 1. The molecule has 2 bridgehead atoms. The van der Waals surface area contributed by atoms with E-state index in [9.17, 15) is 24.8 Å². The Morgan fingerprint density at radius 2 is 1.63 bits per heavy atom. The van der Waals surface area contributed by atoms with E-state index in [-0.39, 0.29) is 17.8 Å². The number of hydrogen-bond acceptors (Lipinski definition) is 7. The highest BCUT2D eigenvalue weighted by molar-refractivity contribution is 5.91. The molecular weight excluding hydrogens is 490 g/mol. The molecule has 6 rings (SSSR count). The highest BCUT2D eigenvalue weighted by Gasteiger charge is 2.50. The lowest BCUT2D eigenvalue weighted by Gasteiger charge is -2.52. The van der Waals surface area contributed by atoms with Gasteiger partial charge in [0.15, 0.2) is 11.9 Å². The molecule has 3 fully saturated rings. The average molecular weight is 521 g/mol. The van der Waals surface area contributed by atoms with Crippen LogP contribution in [-0.2, 0) is 15.1 Å². The number of nitro groups is 1. The van der Waals surface area contributed by atoms with Crippen molar-refractivity contribution in [3.05, 3.63) is 99.8 Å². The van der Waals surface area contributed by atoms with E-state index in [1.807, 2.05) is 12.1 Å². The normalized spacial score (nSPS) is 22.6. The van der Waals surface area contributed by atoms with Gasteiger partial charge >= 0.3 is 11.9 Å². The highest BCUT2D eigenvalue weighted by Crippen LogP contribution is 2.38. The molecule has 4 heterocycles.